The van der Waals surface area contributed by atoms with Gasteiger partial charge in [-0.15, -0.1) is 0 Å². The number of benzene rings is 4. The van der Waals surface area contributed by atoms with E-state index < -0.39 is 22.5 Å². The van der Waals surface area contributed by atoms with Crippen LogP contribution < -0.4 is 24.5 Å². The molecule has 0 radical (unpaired) electrons. The Morgan fingerprint density at radius 3 is 2.25 bits per heavy atom. The molecule has 0 spiro atoms. The van der Waals surface area contributed by atoms with Crippen LogP contribution in [-0.4, -0.2) is 53.0 Å². The molecule has 4 aromatic rings. The van der Waals surface area contributed by atoms with E-state index in [0.29, 0.717) is 33.8 Å². The van der Waals surface area contributed by atoms with Gasteiger partial charge in [-0.2, -0.15) is 5.10 Å². The number of fused-ring (bicyclic) bond motifs is 1. The van der Waals surface area contributed by atoms with Crippen molar-refractivity contribution in [1.82, 2.24) is 5.43 Å². The second-order valence-electron chi connectivity index (χ2n) is 8.70. The van der Waals surface area contributed by atoms with E-state index in [-0.39, 0.29) is 12.5 Å². The molecule has 11 heteroatoms. The monoisotopic (exact) mass is 560 g/mol. The number of carbonyl (C=O) groups is 2. The first-order valence-electron chi connectivity index (χ1n) is 12.2. The minimum Gasteiger partial charge on any atom is -0.497 e. The molecule has 0 aliphatic carbocycles. The predicted molar refractivity (Wildman–Crippen MR) is 155 cm³/mol. The zero-order chi connectivity index (χ0) is 28.5. The van der Waals surface area contributed by atoms with Gasteiger partial charge in [0.05, 0.1) is 25.3 Å². The summed E-state index contributed by atoms with van der Waals surface area (Å²) in [7, 11) is -2.18. The van der Waals surface area contributed by atoms with E-state index in [1.54, 1.807) is 73.8 Å². The van der Waals surface area contributed by atoms with Crippen LogP contribution in [0.2, 0.25) is 0 Å². The predicted octanol–water partition coefficient (Wildman–Crippen LogP) is 3.78. The zero-order valence-electron chi connectivity index (χ0n) is 21.9. The normalized spacial score (nSPS) is 11.2. The summed E-state index contributed by atoms with van der Waals surface area (Å²) < 4.78 is 36.7. The van der Waals surface area contributed by atoms with Gasteiger partial charge in [0, 0.05) is 11.1 Å². The number of sulfonamides is 1. The summed E-state index contributed by atoms with van der Waals surface area (Å²) in [6.45, 7) is -0.612. The maximum Gasteiger partial charge on any atom is 0.262 e. The van der Waals surface area contributed by atoms with E-state index in [9.17, 15) is 18.0 Å². The summed E-state index contributed by atoms with van der Waals surface area (Å²) in [6, 6.07) is 26.3. The van der Waals surface area contributed by atoms with Crippen LogP contribution in [0.15, 0.2) is 96.1 Å². The van der Waals surface area contributed by atoms with Gasteiger partial charge in [-0.3, -0.25) is 13.9 Å². The topological polar surface area (TPSA) is 126 Å². The summed E-state index contributed by atoms with van der Waals surface area (Å²) in [5.74, 6) is 0.252. The Balaban J connectivity index is 1.30. The molecule has 0 aliphatic rings. The molecule has 0 saturated heterocycles. The molecule has 10 nitrogen and oxygen atoms in total. The van der Waals surface area contributed by atoms with Crippen molar-refractivity contribution in [3.63, 3.8) is 0 Å². The summed E-state index contributed by atoms with van der Waals surface area (Å²) in [5, 5.41) is 8.24. The molecule has 0 aromatic heterocycles. The highest BCUT2D eigenvalue weighted by Crippen LogP contribution is 2.28. The van der Waals surface area contributed by atoms with Gasteiger partial charge < -0.3 is 14.8 Å². The molecule has 0 aliphatic heterocycles. The highest BCUT2D eigenvalue weighted by atomic mass is 32.2. The molecule has 0 unspecified atom stereocenters. The Hall–Kier alpha value is -4.90. The standard InChI is InChI=1S/C29H28N4O6S/c1-38-24-16-12-23(13-17-24)31-29(35)20-39-25-14-10-21(11-15-25)18-30-32-28(34)19-33(40(2,36)37)27-9-5-7-22-6-3-4-8-26(22)27/h3-18H,19-20H2,1-2H3,(H,31,35)(H,32,34)/b30-18-. The molecule has 0 saturated carbocycles. The van der Waals surface area contributed by atoms with Gasteiger partial charge in [-0.25, -0.2) is 13.8 Å². The average Bonchev–Trinajstić information content (AvgIpc) is 2.95. The molecule has 206 valence electrons. The van der Waals surface area contributed by atoms with Crippen LogP contribution in [0.5, 0.6) is 11.5 Å². The fourth-order valence-corrected chi connectivity index (χ4v) is 4.69. The summed E-state index contributed by atoms with van der Waals surface area (Å²) in [4.78, 5) is 24.7. The highest BCUT2D eigenvalue weighted by Gasteiger charge is 2.22. The Labute approximate surface area is 232 Å². The molecule has 4 aromatic carbocycles. The van der Waals surface area contributed by atoms with Gasteiger partial charge in [-0.1, -0.05) is 36.4 Å². The zero-order valence-corrected chi connectivity index (χ0v) is 22.7. The second-order valence-corrected chi connectivity index (χ2v) is 10.6. The molecule has 0 heterocycles. The van der Waals surface area contributed by atoms with Crippen LogP contribution in [0.1, 0.15) is 5.56 Å². The summed E-state index contributed by atoms with van der Waals surface area (Å²) >= 11 is 0. The number of hydrogen-bond acceptors (Lipinski definition) is 7. The van der Waals surface area contributed by atoms with Gasteiger partial charge in [0.15, 0.2) is 6.61 Å². The number of ether oxygens (including phenoxy) is 2. The van der Waals surface area contributed by atoms with Gasteiger partial charge >= 0.3 is 0 Å². The lowest BCUT2D eigenvalue weighted by atomic mass is 10.1. The number of nitrogens with zero attached hydrogens (tertiary/aromatic N) is 2. The maximum atomic E-state index is 12.6. The first kappa shape index (κ1) is 28.1. The number of methoxy groups -OCH3 is 1. The number of carbonyl (C=O) groups excluding carboxylic acids is 2. The van der Waals surface area contributed by atoms with Gasteiger partial charge in [0.25, 0.3) is 11.8 Å². The van der Waals surface area contributed by atoms with E-state index in [4.69, 9.17) is 9.47 Å². The average molecular weight is 561 g/mol. The van der Waals surface area contributed by atoms with E-state index in [1.165, 1.54) is 6.21 Å². The molecule has 2 amide bonds. The minimum atomic E-state index is -3.75. The second kappa shape index (κ2) is 12.8. The lowest BCUT2D eigenvalue weighted by molar-refractivity contribution is -0.119. The van der Waals surface area contributed by atoms with Crippen LogP contribution in [-0.2, 0) is 19.6 Å². The number of anilines is 2. The number of nitrogens with one attached hydrogen (secondary N) is 2. The smallest absolute Gasteiger partial charge is 0.262 e. The molecular formula is C29H28N4O6S. The fraction of sp³-hybridized carbons (Fsp3) is 0.138. The van der Waals surface area contributed by atoms with Crippen molar-refractivity contribution in [1.29, 1.82) is 0 Å². The van der Waals surface area contributed by atoms with Crippen molar-refractivity contribution in [2.24, 2.45) is 5.10 Å². The van der Waals surface area contributed by atoms with Crippen molar-refractivity contribution in [3.05, 3.63) is 96.6 Å². The third-order valence-corrected chi connectivity index (χ3v) is 6.88. The Kier molecular flexibility index (Phi) is 8.97. The van der Waals surface area contributed by atoms with E-state index in [0.717, 1.165) is 15.9 Å². The van der Waals surface area contributed by atoms with Crippen LogP contribution >= 0.6 is 0 Å². The van der Waals surface area contributed by atoms with Crippen molar-refractivity contribution in [2.45, 2.75) is 0 Å². The number of hydrazone groups is 1. The Bertz CT molecular complexity index is 1620. The van der Waals surface area contributed by atoms with Gasteiger partial charge in [0.1, 0.15) is 18.0 Å². The first-order chi connectivity index (χ1) is 19.2. The third kappa shape index (κ3) is 7.58. The number of rotatable bonds is 11. The number of amides is 2. The van der Waals surface area contributed by atoms with E-state index >= 15 is 0 Å². The van der Waals surface area contributed by atoms with Crippen molar-refractivity contribution < 1.29 is 27.5 Å². The molecule has 4 rings (SSSR count). The van der Waals surface area contributed by atoms with E-state index in [1.807, 2.05) is 24.3 Å². The first-order valence-corrected chi connectivity index (χ1v) is 14.0. The molecule has 0 fully saturated rings. The molecule has 40 heavy (non-hydrogen) atoms. The lowest BCUT2D eigenvalue weighted by Gasteiger charge is -2.23. The molecular weight excluding hydrogens is 532 g/mol. The Morgan fingerprint density at radius 2 is 1.55 bits per heavy atom. The largest absolute Gasteiger partial charge is 0.497 e. The molecule has 2 N–H and O–H groups in total. The van der Waals surface area contributed by atoms with Gasteiger partial charge in [-0.05, 0) is 65.5 Å². The quantitative estimate of drug-likeness (QED) is 0.212. The summed E-state index contributed by atoms with van der Waals surface area (Å²) in [5.41, 5.74) is 4.06. The van der Waals surface area contributed by atoms with Crippen LogP contribution in [0.3, 0.4) is 0 Å². The third-order valence-electron chi connectivity index (χ3n) is 5.75. The maximum absolute atomic E-state index is 12.6. The lowest BCUT2D eigenvalue weighted by Crippen LogP contribution is -2.39. The summed E-state index contributed by atoms with van der Waals surface area (Å²) in [6.07, 6.45) is 2.47. The highest BCUT2D eigenvalue weighted by molar-refractivity contribution is 7.92. The van der Waals surface area contributed by atoms with Crippen LogP contribution in [0.4, 0.5) is 11.4 Å². The van der Waals surface area contributed by atoms with Crippen molar-refractivity contribution in [3.8, 4) is 11.5 Å². The van der Waals surface area contributed by atoms with Gasteiger partial charge in [0.2, 0.25) is 10.0 Å². The molecule has 0 bridgehead atoms. The Morgan fingerprint density at radius 1 is 0.875 bits per heavy atom. The van der Waals surface area contributed by atoms with Crippen LogP contribution in [0.25, 0.3) is 10.8 Å². The fourth-order valence-electron chi connectivity index (χ4n) is 3.82. The van der Waals surface area contributed by atoms with Crippen molar-refractivity contribution in [2.75, 3.05) is 36.1 Å². The minimum absolute atomic E-state index is 0.178. The van der Waals surface area contributed by atoms with E-state index in [2.05, 4.69) is 15.8 Å². The van der Waals surface area contributed by atoms with Crippen molar-refractivity contribution >= 4 is 50.2 Å². The van der Waals surface area contributed by atoms with Crippen LogP contribution in [0, 0.1) is 0 Å². The number of hydrogen-bond donors (Lipinski definition) is 2. The molecule has 0 atom stereocenters. The SMILES string of the molecule is COc1ccc(NC(=O)COc2ccc(/C=N\NC(=O)CN(c3cccc4ccccc34)S(C)(=O)=O)cc2)cc1.